The van der Waals surface area contributed by atoms with Crippen molar-refractivity contribution in [1.29, 1.82) is 0 Å². The lowest BCUT2D eigenvalue weighted by Gasteiger charge is -2.27. The molecule has 0 bridgehead atoms. The molecule has 5 nitrogen and oxygen atoms in total. The lowest BCUT2D eigenvalue weighted by molar-refractivity contribution is 0.240. The van der Waals surface area contributed by atoms with Crippen LogP contribution in [-0.4, -0.2) is 33.6 Å². The Bertz CT molecular complexity index is 1540. The minimum absolute atomic E-state index is 0.0709. The van der Waals surface area contributed by atoms with Gasteiger partial charge in [0.15, 0.2) is 0 Å². The highest BCUT2D eigenvalue weighted by Gasteiger charge is 2.27. The summed E-state index contributed by atoms with van der Waals surface area (Å²) in [6, 6.07) is 9.32. The van der Waals surface area contributed by atoms with Gasteiger partial charge in [-0.3, -0.25) is 9.47 Å². The third-order valence-electron chi connectivity index (χ3n) is 6.33. The van der Waals surface area contributed by atoms with E-state index in [2.05, 4.69) is 15.2 Å². The van der Waals surface area contributed by atoms with Gasteiger partial charge in [0.05, 0.1) is 10.5 Å². The van der Waals surface area contributed by atoms with Crippen molar-refractivity contribution in [3.8, 4) is 0 Å². The molecule has 1 amide bonds. The van der Waals surface area contributed by atoms with Gasteiger partial charge in [-0.2, -0.15) is 0 Å². The third-order valence-corrected chi connectivity index (χ3v) is 6.83. The van der Waals surface area contributed by atoms with Crippen molar-refractivity contribution < 1.29 is 18.0 Å². The average Bonchev–Trinajstić information content (AvgIpc) is 3.17. The molecule has 10 heteroatoms. The van der Waals surface area contributed by atoms with Gasteiger partial charge in [0.1, 0.15) is 22.6 Å². The topological polar surface area (TPSA) is 50.2 Å². The van der Waals surface area contributed by atoms with E-state index in [1.54, 1.807) is 35.0 Å². The summed E-state index contributed by atoms with van der Waals surface area (Å²) in [5.74, 6) is -1.83. The first-order chi connectivity index (χ1) is 17.8. The van der Waals surface area contributed by atoms with Gasteiger partial charge < -0.3 is 5.32 Å². The van der Waals surface area contributed by atoms with E-state index < -0.39 is 17.5 Å². The minimum Gasteiger partial charge on any atom is -0.333 e. The third kappa shape index (κ3) is 5.37. The number of hydrogen-bond acceptors (Lipinski definition) is 3. The monoisotopic (exact) mass is 544 g/mol. The van der Waals surface area contributed by atoms with Crippen LogP contribution in [0.3, 0.4) is 0 Å². The van der Waals surface area contributed by atoms with Crippen molar-refractivity contribution in [3.63, 3.8) is 0 Å². The quantitative estimate of drug-likeness (QED) is 0.288. The molecule has 4 aromatic rings. The number of pyridine rings is 1. The predicted molar refractivity (Wildman–Crippen MR) is 138 cm³/mol. The van der Waals surface area contributed by atoms with E-state index >= 15 is 0 Å². The molecular formula is C27H21Cl2F3N4O. The van der Waals surface area contributed by atoms with Crippen LogP contribution in [0.25, 0.3) is 17.0 Å². The molecule has 1 N–H and O–H groups in total. The van der Waals surface area contributed by atoms with Gasteiger partial charge in [-0.1, -0.05) is 35.4 Å². The molecule has 0 saturated heterocycles. The number of nitrogens with one attached hydrogen (secondary N) is 1. The lowest BCUT2D eigenvalue weighted by Crippen LogP contribution is -2.34. The van der Waals surface area contributed by atoms with Gasteiger partial charge in [-0.05, 0) is 47.5 Å². The SMILES string of the molecule is O=C(NCc1ccnc(Cl)c1)n1c2c(c3cc(F)c(Cl)cc31)CN(CC=Cc1ccc(F)cc1F)CC2. The minimum atomic E-state index is -0.632. The molecule has 1 aliphatic rings. The van der Waals surface area contributed by atoms with E-state index in [-0.39, 0.29) is 17.6 Å². The number of benzene rings is 2. The summed E-state index contributed by atoms with van der Waals surface area (Å²) < 4.78 is 43.1. The molecule has 2 aromatic heterocycles. The molecule has 37 heavy (non-hydrogen) atoms. The number of carbonyl (C=O) groups is 1. The fourth-order valence-corrected chi connectivity index (χ4v) is 4.92. The van der Waals surface area contributed by atoms with Crippen LogP contribution in [0.5, 0.6) is 0 Å². The lowest BCUT2D eigenvalue weighted by atomic mass is 10.0. The molecule has 2 aromatic carbocycles. The van der Waals surface area contributed by atoms with Crippen molar-refractivity contribution in [3.05, 3.63) is 105 Å². The van der Waals surface area contributed by atoms with Crippen LogP contribution in [0, 0.1) is 17.5 Å². The number of carbonyl (C=O) groups excluding carboxylic acids is 1. The highest BCUT2D eigenvalue weighted by atomic mass is 35.5. The summed E-state index contributed by atoms with van der Waals surface area (Å²) in [5.41, 5.74) is 3.22. The molecule has 0 unspecified atom stereocenters. The first-order valence-corrected chi connectivity index (χ1v) is 12.3. The van der Waals surface area contributed by atoms with Gasteiger partial charge in [-0.15, -0.1) is 0 Å². The number of nitrogens with zero attached hydrogens (tertiary/aromatic N) is 3. The Labute approximate surface area is 221 Å². The van der Waals surface area contributed by atoms with Crippen LogP contribution in [-0.2, 0) is 19.5 Å². The predicted octanol–water partition coefficient (Wildman–Crippen LogP) is 6.59. The van der Waals surface area contributed by atoms with Gasteiger partial charge in [0, 0.05) is 61.5 Å². The van der Waals surface area contributed by atoms with E-state index in [1.807, 2.05) is 0 Å². The highest BCUT2D eigenvalue weighted by Crippen LogP contribution is 2.34. The van der Waals surface area contributed by atoms with Crippen LogP contribution in [0.15, 0.2) is 54.7 Å². The Morgan fingerprint density at radius 3 is 2.70 bits per heavy atom. The van der Waals surface area contributed by atoms with Crippen LogP contribution < -0.4 is 5.32 Å². The van der Waals surface area contributed by atoms with E-state index in [0.717, 1.165) is 22.9 Å². The highest BCUT2D eigenvalue weighted by molar-refractivity contribution is 6.31. The first-order valence-electron chi connectivity index (χ1n) is 11.5. The number of aromatic nitrogens is 2. The Kier molecular flexibility index (Phi) is 7.24. The zero-order valence-corrected chi connectivity index (χ0v) is 21.0. The average molecular weight is 545 g/mol. The Hall–Kier alpha value is -3.33. The summed E-state index contributed by atoms with van der Waals surface area (Å²) in [5, 5.41) is 3.76. The summed E-state index contributed by atoms with van der Waals surface area (Å²) in [7, 11) is 0. The molecule has 3 heterocycles. The van der Waals surface area contributed by atoms with Gasteiger partial charge in [0.2, 0.25) is 0 Å². The molecule has 5 rings (SSSR count). The van der Waals surface area contributed by atoms with Crippen molar-refractivity contribution in [2.45, 2.75) is 19.5 Å². The van der Waals surface area contributed by atoms with Crippen molar-refractivity contribution in [1.82, 2.24) is 19.8 Å². The van der Waals surface area contributed by atoms with Crippen LogP contribution >= 0.6 is 23.2 Å². The van der Waals surface area contributed by atoms with E-state index in [1.165, 1.54) is 24.3 Å². The van der Waals surface area contributed by atoms with Crippen LogP contribution in [0.4, 0.5) is 18.0 Å². The summed E-state index contributed by atoms with van der Waals surface area (Å²) in [6.07, 6.45) is 5.50. The maximum atomic E-state index is 14.4. The zero-order valence-electron chi connectivity index (χ0n) is 19.4. The number of fused-ring (bicyclic) bond motifs is 3. The first kappa shape index (κ1) is 25.3. The number of halogens is 5. The standard InChI is InChI=1S/C27H21Cl2F3N4O/c28-21-13-25-19(12-23(21)32)20-15-35(8-1-2-17-3-4-18(30)11-22(17)31)9-6-24(20)36(25)27(37)34-14-16-5-7-33-26(29)10-16/h1-5,7,10-13H,6,8-9,14-15H2,(H,34,37). The maximum absolute atomic E-state index is 14.4. The maximum Gasteiger partial charge on any atom is 0.326 e. The second-order valence-corrected chi connectivity index (χ2v) is 9.54. The smallest absolute Gasteiger partial charge is 0.326 e. The van der Waals surface area contributed by atoms with E-state index in [4.69, 9.17) is 23.2 Å². The normalized spacial score (nSPS) is 13.9. The van der Waals surface area contributed by atoms with Crippen molar-refractivity contribution >= 4 is 46.2 Å². The van der Waals surface area contributed by atoms with Gasteiger partial charge in [0.25, 0.3) is 0 Å². The van der Waals surface area contributed by atoms with Gasteiger partial charge in [-0.25, -0.2) is 22.9 Å². The fraction of sp³-hybridized carbons (Fsp3) is 0.185. The Balaban J connectivity index is 1.40. The van der Waals surface area contributed by atoms with E-state index in [0.29, 0.717) is 47.7 Å². The van der Waals surface area contributed by atoms with Crippen molar-refractivity contribution in [2.75, 3.05) is 13.1 Å². The summed E-state index contributed by atoms with van der Waals surface area (Å²) >= 11 is 12.0. The summed E-state index contributed by atoms with van der Waals surface area (Å²) in [4.78, 5) is 19.3. The molecule has 0 spiro atoms. The Morgan fingerprint density at radius 2 is 1.92 bits per heavy atom. The van der Waals surface area contributed by atoms with Crippen LogP contribution in [0.2, 0.25) is 10.2 Å². The summed E-state index contributed by atoms with van der Waals surface area (Å²) in [6.45, 7) is 1.82. The van der Waals surface area contributed by atoms with Crippen molar-refractivity contribution in [2.24, 2.45) is 0 Å². The molecule has 190 valence electrons. The molecular weight excluding hydrogens is 524 g/mol. The molecule has 1 aliphatic heterocycles. The second-order valence-electron chi connectivity index (χ2n) is 8.74. The number of rotatable bonds is 5. The molecule has 0 fully saturated rings. The second kappa shape index (κ2) is 10.6. The fourth-order valence-electron chi connectivity index (χ4n) is 4.57. The molecule has 0 radical (unpaired) electrons. The van der Waals surface area contributed by atoms with Crippen LogP contribution in [0.1, 0.15) is 22.4 Å². The molecule has 0 atom stereocenters. The van der Waals surface area contributed by atoms with Gasteiger partial charge >= 0.3 is 6.03 Å². The van der Waals surface area contributed by atoms with E-state index in [9.17, 15) is 18.0 Å². The Morgan fingerprint density at radius 1 is 1.08 bits per heavy atom. The molecule has 0 aliphatic carbocycles. The molecule has 0 saturated carbocycles. The number of hydrogen-bond donors (Lipinski definition) is 1. The zero-order chi connectivity index (χ0) is 26.1. The largest absolute Gasteiger partial charge is 0.333 e. The number of amides is 1.